The Balaban J connectivity index is 2.14. The van der Waals surface area contributed by atoms with E-state index in [1.165, 1.54) is 9.77 Å². The minimum Gasteiger partial charge on any atom is -0.308 e. The van der Waals surface area contributed by atoms with Crippen LogP contribution in [-0.4, -0.2) is 16.2 Å². The van der Waals surface area contributed by atoms with Crippen LogP contribution in [0.25, 0.3) is 21.6 Å². The molecule has 20 heavy (non-hydrogen) atoms. The highest BCUT2D eigenvalue weighted by molar-refractivity contribution is 7.98. The number of thioether (sulfide) groups is 1. The van der Waals surface area contributed by atoms with Gasteiger partial charge in [0, 0.05) is 15.3 Å². The fourth-order valence-corrected chi connectivity index (χ4v) is 3.31. The van der Waals surface area contributed by atoms with Crippen LogP contribution in [0.4, 0.5) is 5.82 Å². The van der Waals surface area contributed by atoms with Crippen molar-refractivity contribution in [2.24, 2.45) is 5.84 Å². The lowest BCUT2D eigenvalue weighted by Crippen LogP contribution is -2.09. The standard InChI is InChI=1S/C14H14N4S2/c1-8-7-11-13(18-15)16-12(17-14(11)20-8)9-3-5-10(19-2)6-4-9/h3-7H,15H2,1-2H3,(H,16,17,18). The second-order valence-corrected chi connectivity index (χ2v) is 6.46. The Morgan fingerprint density at radius 3 is 2.60 bits per heavy atom. The molecule has 2 heterocycles. The van der Waals surface area contributed by atoms with Crippen molar-refractivity contribution in [2.75, 3.05) is 11.7 Å². The molecule has 4 nitrogen and oxygen atoms in total. The first-order valence-corrected chi connectivity index (χ1v) is 8.14. The van der Waals surface area contributed by atoms with Crippen molar-refractivity contribution < 1.29 is 0 Å². The smallest absolute Gasteiger partial charge is 0.163 e. The number of aryl methyl sites for hydroxylation is 1. The van der Waals surface area contributed by atoms with Crippen LogP contribution in [0.2, 0.25) is 0 Å². The summed E-state index contributed by atoms with van der Waals surface area (Å²) in [7, 11) is 0. The molecule has 3 aromatic rings. The minimum absolute atomic E-state index is 0.670. The van der Waals surface area contributed by atoms with Gasteiger partial charge in [-0.15, -0.1) is 23.1 Å². The molecule has 0 spiro atoms. The maximum atomic E-state index is 5.58. The number of nitrogens with zero attached hydrogens (tertiary/aromatic N) is 2. The third-order valence-corrected chi connectivity index (χ3v) is 4.69. The highest BCUT2D eigenvalue weighted by Crippen LogP contribution is 2.30. The third kappa shape index (κ3) is 2.37. The molecule has 102 valence electrons. The number of hydrogen-bond acceptors (Lipinski definition) is 6. The first kappa shape index (κ1) is 13.4. The molecule has 2 aromatic heterocycles. The van der Waals surface area contributed by atoms with Crippen LogP contribution < -0.4 is 11.3 Å². The lowest BCUT2D eigenvalue weighted by Gasteiger charge is -2.05. The van der Waals surface area contributed by atoms with E-state index in [4.69, 9.17) is 5.84 Å². The van der Waals surface area contributed by atoms with Crippen LogP contribution in [0, 0.1) is 6.92 Å². The van der Waals surface area contributed by atoms with Gasteiger partial charge in [-0.05, 0) is 31.4 Å². The predicted octanol–water partition coefficient (Wildman–Crippen LogP) is 3.67. The first-order valence-electron chi connectivity index (χ1n) is 6.10. The van der Waals surface area contributed by atoms with Gasteiger partial charge in [0.15, 0.2) is 11.6 Å². The average molecular weight is 302 g/mol. The summed E-state index contributed by atoms with van der Waals surface area (Å²) in [6.07, 6.45) is 2.06. The summed E-state index contributed by atoms with van der Waals surface area (Å²) in [6, 6.07) is 10.3. The number of nitrogens with two attached hydrogens (primary N) is 1. The summed E-state index contributed by atoms with van der Waals surface area (Å²) in [5.74, 6) is 6.94. The molecule has 6 heteroatoms. The fraction of sp³-hybridized carbons (Fsp3) is 0.143. The molecule has 0 aliphatic heterocycles. The summed E-state index contributed by atoms with van der Waals surface area (Å²) in [6.45, 7) is 2.06. The average Bonchev–Trinajstić information content (AvgIpc) is 2.86. The lowest BCUT2D eigenvalue weighted by atomic mass is 10.2. The third-order valence-electron chi connectivity index (χ3n) is 3.00. The molecular weight excluding hydrogens is 288 g/mol. The van der Waals surface area contributed by atoms with Gasteiger partial charge >= 0.3 is 0 Å². The van der Waals surface area contributed by atoms with Crippen molar-refractivity contribution in [3.05, 3.63) is 35.2 Å². The molecular formula is C14H14N4S2. The van der Waals surface area contributed by atoms with Crippen LogP contribution in [0.1, 0.15) is 4.88 Å². The molecule has 0 saturated carbocycles. The molecule has 0 aliphatic carbocycles. The predicted molar refractivity (Wildman–Crippen MR) is 87.2 cm³/mol. The summed E-state index contributed by atoms with van der Waals surface area (Å²) in [5.41, 5.74) is 3.66. The second-order valence-electron chi connectivity index (χ2n) is 4.34. The molecule has 0 saturated heterocycles. The molecule has 0 atom stereocenters. The maximum Gasteiger partial charge on any atom is 0.163 e. The summed E-state index contributed by atoms with van der Waals surface area (Å²) < 4.78 is 0. The lowest BCUT2D eigenvalue weighted by molar-refractivity contribution is 1.19. The van der Waals surface area contributed by atoms with Crippen LogP contribution >= 0.6 is 23.1 Å². The number of nitrogen functional groups attached to an aromatic ring is 1. The summed E-state index contributed by atoms with van der Waals surface area (Å²) in [5, 5.41) is 0.972. The topological polar surface area (TPSA) is 63.8 Å². The van der Waals surface area contributed by atoms with Gasteiger partial charge in [0.1, 0.15) is 4.83 Å². The van der Waals surface area contributed by atoms with E-state index in [9.17, 15) is 0 Å². The number of nitrogens with one attached hydrogen (secondary N) is 1. The van der Waals surface area contributed by atoms with E-state index in [0.717, 1.165) is 15.8 Å². The molecule has 0 fully saturated rings. The molecule has 0 radical (unpaired) electrons. The largest absolute Gasteiger partial charge is 0.308 e. The zero-order valence-electron chi connectivity index (χ0n) is 11.2. The molecule has 3 rings (SSSR count). The Morgan fingerprint density at radius 1 is 1.20 bits per heavy atom. The van der Waals surface area contributed by atoms with E-state index in [-0.39, 0.29) is 0 Å². The van der Waals surface area contributed by atoms with Crippen LogP contribution in [0.3, 0.4) is 0 Å². The second kappa shape index (κ2) is 5.40. The van der Waals surface area contributed by atoms with Crippen molar-refractivity contribution in [2.45, 2.75) is 11.8 Å². The van der Waals surface area contributed by atoms with E-state index in [2.05, 4.69) is 46.8 Å². The van der Waals surface area contributed by atoms with Crippen LogP contribution in [0.15, 0.2) is 35.2 Å². The summed E-state index contributed by atoms with van der Waals surface area (Å²) >= 11 is 3.36. The van der Waals surface area contributed by atoms with Crippen LogP contribution in [-0.2, 0) is 0 Å². The number of hydrogen-bond donors (Lipinski definition) is 2. The van der Waals surface area contributed by atoms with Gasteiger partial charge in [-0.2, -0.15) is 0 Å². The Hall–Kier alpha value is -1.63. The van der Waals surface area contributed by atoms with Crippen molar-refractivity contribution in [3.8, 4) is 11.4 Å². The normalized spacial score (nSPS) is 10.9. The van der Waals surface area contributed by atoms with E-state index < -0.39 is 0 Å². The number of hydrazine groups is 1. The van der Waals surface area contributed by atoms with Gasteiger partial charge in [0.05, 0.1) is 5.39 Å². The van der Waals surface area contributed by atoms with E-state index in [0.29, 0.717) is 11.6 Å². The Morgan fingerprint density at radius 2 is 1.95 bits per heavy atom. The van der Waals surface area contributed by atoms with Gasteiger partial charge in [-0.25, -0.2) is 15.8 Å². The zero-order valence-corrected chi connectivity index (χ0v) is 12.8. The molecule has 0 unspecified atom stereocenters. The molecule has 0 amide bonds. The van der Waals surface area contributed by atoms with Gasteiger partial charge in [0.2, 0.25) is 0 Å². The monoisotopic (exact) mass is 302 g/mol. The van der Waals surface area contributed by atoms with E-state index in [1.54, 1.807) is 23.1 Å². The van der Waals surface area contributed by atoms with Gasteiger partial charge in [0.25, 0.3) is 0 Å². The number of fused-ring (bicyclic) bond motifs is 1. The van der Waals surface area contributed by atoms with Crippen molar-refractivity contribution in [1.29, 1.82) is 0 Å². The number of thiophene rings is 1. The van der Waals surface area contributed by atoms with Gasteiger partial charge < -0.3 is 5.43 Å². The Bertz CT molecular complexity index is 750. The number of anilines is 1. The number of benzene rings is 1. The molecule has 3 N–H and O–H groups in total. The maximum absolute atomic E-state index is 5.58. The highest BCUT2D eigenvalue weighted by Gasteiger charge is 2.11. The SMILES string of the molecule is CSc1ccc(-c2nc(NN)c3cc(C)sc3n2)cc1. The van der Waals surface area contributed by atoms with E-state index in [1.807, 2.05) is 12.1 Å². The quantitative estimate of drug-likeness (QED) is 0.439. The van der Waals surface area contributed by atoms with E-state index >= 15 is 0 Å². The van der Waals surface area contributed by atoms with Crippen molar-refractivity contribution in [1.82, 2.24) is 9.97 Å². The Labute approximate surface area is 125 Å². The number of aromatic nitrogens is 2. The molecule has 0 aliphatic rings. The highest BCUT2D eigenvalue weighted by atomic mass is 32.2. The van der Waals surface area contributed by atoms with Crippen molar-refractivity contribution >= 4 is 39.1 Å². The molecule has 0 bridgehead atoms. The summed E-state index contributed by atoms with van der Waals surface area (Å²) in [4.78, 5) is 12.5. The Kier molecular flexibility index (Phi) is 3.60. The number of rotatable bonds is 3. The minimum atomic E-state index is 0.670. The zero-order chi connectivity index (χ0) is 14.1. The van der Waals surface area contributed by atoms with Crippen molar-refractivity contribution in [3.63, 3.8) is 0 Å². The van der Waals surface area contributed by atoms with Crippen LogP contribution in [0.5, 0.6) is 0 Å². The molecule has 1 aromatic carbocycles. The van der Waals surface area contributed by atoms with Gasteiger partial charge in [-0.3, -0.25) is 0 Å². The van der Waals surface area contributed by atoms with Gasteiger partial charge in [-0.1, -0.05) is 12.1 Å². The first-order chi connectivity index (χ1) is 9.71. The fourth-order valence-electron chi connectivity index (χ4n) is 2.02.